The molecule has 94 valence electrons. The standard InChI is InChI=1S/C13H15ClN4/c14-10-6-3-7-11(15)12(10)13-17-16-8-18(13)9-4-1-2-5-9/h3,6-9H,1-2,4-5,15H2. The van der Waals surface area contributed by atoms with Gasteiger partial charge in [-0.2, -0.15) is 0 Å². The summed E-state index contributed by atoms with van der Waals surface area (Å²) in [6.07, 6.45) is 6.67. The summed E-state index contributed by atoms with van der Waals surface area (Å²) >= 11 is 6.24. The van der Waals surface area contributed by atoms with Gasteiger partial charge in [0.05, 0.1) is 10.6 Å². The van der Waals surface area contributed by atoms with Crippen LogP contribution in [0.1, 0.15) is 31.7 Å². The van der Waals surface area contributed by atoms with Crippen LogP contribution in [0, 0.1) is 0 Å². The van der Waals surface area contributed by atoms with E-state index in [1.807, 2.05) is 18.2 Å². The molecule has 5 heteroatoms. The highest BCUT2D eigenvalue weighted by Crippen LogP contribution is 2.36. The zero-order valence-corrected chi connectivity index (χ0v) is 10.8. The van der Waals surface area contributed by atoms with E-state index < -0.39 is 0 Å². The molecule has 0 aliphatic heterocycles. The lowest BCUT2D eigenvalue weighted by Gasteiger charge is -2.15. The van der Waals surface area contributed by atoms with Crippen molar-refractivity contribution in [1.29, 1.82) is 0 Å². The van der Waals surface area contributed by atoms with Gasteiger partial charge < -0.3 is 10.3 Å². The predicted octanol–water partition coefficient (Wildman–Crippen LogP) is 3.30. The van der Waals surface area contributed by atoms with E-state index in [0.29, 0.717) is 16.8 Å². The van der Waals surface area contributed by atoms with E-state index >= 15 is 0 Å². The summed E-state index contributed by atoms with van der Waals surface area (Å²) in [5, 5.41) is 8.85. The summed E-state index contributed by atoms with van der Waals surface area (Å²) in [6.45, 7) is 0. The van der Waals surface area contributed by atoms with Crippen LogP contribution in [0.3, 0.4) is 0 Å². The maximum absolute atomic E-state index is 6.24. The first kappa shape index (κ1) is 11.5. The maximum Gasteiger partial charge on any atom is 0.167 e. The molecule has 0 atom stereocenters. The molecule has 0 spiro atoms. The van der Waals surface area contributed by atoms with E-state index in [1.54, 1.807) is 6.33 Å². The van der Waals surface area contributed by atoms with Gasteiger partial charge in [-0.1, -0.05) is 30.5 Å². The molecule has 1 aliphatic carbocycles. The Labute approximate surface area is 111 Å². The van der Waals surface area contributed by atoms with Crippen molar-refractivity contribution in [2.24, 2.45) is 0 Å². The van der Waals surface area contributed by atoms with Crippen molar-refractivity contribution in [1.82, 2.24) is 14.8 Å². The fourth-order valence-electron chi connectivity index (χ4n) is 2.65. The van der Waals surface area contributed by atoms with Crippen LogP contribution in [-0.4, -0.2) is 14.8 Å². The van der Waals surface area contributed by atoms with Gasteiger partial charge in [-0.05, 0) is 25.0 Å². The number of nitrogens with zero attached hydrogens (tertiary/aromatic N) is 3. The van der Waals surface area contributed by atoms with Gasteiger partial charge in [0.25, 0.3) is 0 Å². The third-order valence-electron chi connectivity index (χ3n) is 3.56. The van der Waals surface area contributed by atoms with Crippen molar-refractivity contribution in [3.63, 3.8) is 0 Å². The molecule has 0 radical (unpaired) electrons. The van der Waals surface area contributed by atoms with Crippen molar-refractivity contribution >= 4 is 17.3 Å². The van der Waals surface area contributed by atoms with Crippen LogP contribution < -0.4 is 5.73 Å². The minimum atomic E-state index is 0.477. The molecule has 0 amide bonds. The summed E-state index contributed by atoms with van der Waals surface area (Å²) in [5.41, 5.74) is 7.46. The Morgan fingerprint density at radius 1 is 1.28 bits per heavy atom. The lowest BCUT2D eigenvalue weighted by atomic mass is 10.1. The molecule has 1 aliphatic rings. The van der Waals surface area contributed by atoms with Gasteiger partial charge >= 0.3 is 0 Å². The van der Waals surface area contributed by atoms with Gasteiger partial charge in [-0.15, -0.1) is 10.2 Å². The number of aromatic nitrogens is 3. The molecule has 1 aromatic carbocycles. The maximum atomic E-state index is 6.24. The van der Waals surface area contributed by atoms with Gasteiger partial charge in [-0.25, -0.2) is 0 Å². The van der Waals surface area contributed by atoms with Crippen LogP contribution in [0.4, 0.5) is 5.69 Å². The Bertz CT molecular complexity index is 538. The Hall–Kier alpha value is -1.55. The molecule has 0 bridgehead atoms. The van der Waals surface area contributed by atoms with Crippen LogP contribution in [0.25, 0.3) is 11.4 Å². The van der Waals surface area contributed by atoms with Crippen LogP contribution in [0.2, 0.25) is 5.02 Å². The zero-order valence-electron chi connectivity index (χ0n) is 10.0. The number of nitrogens with two attached hydrogens (primary N) is 1. The Kier molecular flexibility index (Phi) is 2.96. The molecule has 1 heterocycles. The Balaban J connectivity index is 2.09. The van der Waals surface area contributed by atoms with E-state index in [0.717, 1.165) is 11.4 Å². The number of hydrogen-bond donors (Lipinski definition) is 1. The fourth-order valence-corrected chi connectivity index (χ4v) is 2.91. The number of halogens is 1. The number of anilines is 1. The summed E-state index contributed by atoms with van der Waals surface area (Å²) in [4.78, 5) is 0. The van der Waals surface area contributed by atoms with Crippen molar-refractivity contribution in [2.75, 3.05) is 5.73 Å². The monoisotopic (exact) mass is 262 g/mol. The van der Waals surface area contributed by atoms with E-state index in [-0.39, 0.29) is 0 Å². The fraction of sp³-hybridized carbons (Fsp3) is 0.385. The molecule has 4 nitrogen and oxygen atoms in total. The van der Waals surface area contributed by atoms with E-state index in [2.05, 4.69) is 14.8 Å². The van der Waals surface area contributed by atoms with Crippen molar-refractivity contribution in [3.05, 3.63) is 29.5 Å². The molecule has 2 N–H and O–H groups in total. The number of nitrogen functional groups attached to an aromatic ring is 1. The quantitative estimate of drug-likeness (QED) is 0.845. The average Bonchev–Trinajstić information content (AvgIpc) is 2.98. The van der Waals surface area contributed by atoms with Crippen LogP contribution >= 0.6 is 11.6 Å². The second kappa shape index (κ2) is 4.61. The highest BCUT2D eigenvalue weighted by atomic mass is 35.5. The summed E-state index contributed by atoms with van der Waals surface area (Å²) in [6, 6.07) is 6.00. The number of benzene rings is 1. The van der Waals surface area contributed by atoms with E-state index in [4.69, 9.17) is 17.3 Å². The summed E-state index contributed by atoms with van der Waals surface area (Å²) < 4.78 is 2.12. The van der Waals surface area contributed by atoms with Crippen LogP contribution in [0.5, 0.6) is 0 Å². The van der Waals surface area contributed by atoms with Crippen molar-refractivity contribution in [2.45, 2.75) is 31.7 Å². The molecular weight excluding hydrogens is 248 g/mol. The molecule has 1 aromatic heterocycles. The molecule has 3 rings (SSSR count). The number of hydrogen-bond acceptors (Lipinski definition) is 3. The lowest BCUT2D eigenvalue weighted by molar-refractivity contribution is 0.522. The molecule has 1 fully saturated rings. The van der Waals surface area contributed by atoms with Crippen LogP contribution in [0.15, 0.2) is 24.5 Å². The van der Waals surface area contributed by atoms with Gasteiger partial charge in [-0.3, -0.25) is 0 Å². The predicted molar refractivity (Wildman–Crippen MR) is 72.4 cm³/mol. The first-order valence-corrected chi connectivity index (χ1v) is 6.59. The van der Waals surface area contributed by atoms with Crippen molar-refractivity contribution in [3.8, 4) is 11.4 Å². The van der Waals surface area contributed by atoms with E-state index in [9.17, 15) is 0 Å². The summed E-state index contributed by atoms with van der Waals surface area (Å²) in [5.74, 6) is 0.782. The Morgan fingerprint density at radius 2 is 2.06 bits per heavy atom. The average molecular weight is 263 g/mol. The van der Waals surface area contributed by atoms with Gasteiger partial charge in [0, 0.05) is 11.7 Å². The molecule has 1 saturated carbocycles. The summed E-state index contributed by atoms with van der Waals surface area (Å²) in [7, 11) is 0. The Morgan fingerprint density at radius 3 is 2.78 bits per heavy atom. The normalized spacial score (nSPS) is 16.3. The first-order valence-electron chi connectivity index (χ1n) is 6.21. The molecule has 0 saturated heterocycles. The zero-order chi connectivity index (χ0) is 12.5. The van der Waals surface area contributed by atoms with Gasteiger partial charge in [0.15, 0.2) is 5.82 Å². The van der Waals surface area contributed by atoms with E-state index in [1.165, 1.54) is 25.7 Å². The highest BCUT2D eigenvalue weighted by molar-refractivity contribution is 6.33. The molecule has 0 unspecified atom stereocenters. The second-order valence-corrected chi connectivity index (χ2v) is 5.11. The van der Waals surface area contributed by atoms with Gasteiger partial charge in [0.1, 0.15) is 6.33 Å². The second-order valence-electron chi connectivity index (χ2n) is 4.70. The van der Waals surface area contributed by atoms with Crippen LogP contribution in [-0.2, 0) is 0 Å². The SMILES string of the molecule is Nc1cccc(Cl)c1-c1nncn1C1CCCC1. The largest absolute Gasteiger partial charge is 0.398 e. The van der Waals surface area contributed by atoms with Gasteiger partial charge in [0.2, 0.25) is 0 Å². The minimum Gasteiger partial charge on any atom is -0.398 e. The third-order valence-corrected chi connectivity index (χ3v) is 3.88. The third kappa shape index (κ3) is 1.86. The number of rotatable bonds is 2. The molecule has 2 aromatic rings. The topological polar surface area (TPSA) is 56.7 Å². The molecular formula is C13H15ClN4. The lowest BCUT2D eigenvalue weighted by Crippen LogP contribution is -2.06. The minimum absolute atomic E-state index is 0.477. The van der Waals surface area contributed by atoms with Crippen molar-refractivity contribution < 1.29 is 0 Å². The smallest absolute Gasteiger partial charge is 0.167 e. The first-order chi connectivity index (χ1) is 8.77. The highest BCUT2D eigenvalue weighted by Gasteiger charge is 2.22. The molecule has 18 heavy (non-hydrogen) atoms.